The molecule has 2 nitrogen and oxygen atoms in total. The maximum absolute atomic E-state index is 5.55. The molecule has 0 aromatic carbocycles. The largest absolute Gasteiger partial charge is 0.381 e. The monoisotopic (exact) mass is 201 g/mol. The van der Waals surface area contributed by atoms with Crippen molar-refractivity contribution in [2.24, 2.45) is 11.3 Å². The molecule has 0 spiro atoms. The lowest BCUT2D eigenvalue weighted by Gasteiger charge is -2.34. The molecule has 1 unspecified atom stereocenters. The van der Waals surface area contributed by atoms with Crippen molar-refractivity contribution in [2.45, 2.75) is 47.6 Å². The van der Waals surface area contributed by atoms with Crippen molar-refractivity contribution in [1.29, 1.82) is 0 Å². The maximum Gasteiger partial charge on any atom is 0.0534 e. The van der Waals surface area contributed by atoms with Crippen LogP contribution in [0.1, 0.15) is 41.5 Å². The highest BCUT2D eigenvalue weighted by Crippen LogP contribution is 2.26. The van der Waals surface area contributed by atoms with Crippen LogP contribution in [0, 0.1) is 11.3 Å². The van der Waals surface area contributed by atoms with Crippen molar-refractivity contribution in [3.63, 3.8) is 0 Å². The first kappa shape index (κ1) is 13.9. The van der Waals surface area contributed by atoms with E-state index in [0.717, 1.165) is 19.8 Å². The van der Waals surface area contributed by atoms with E-state index in [-0.39, 0.29) is 5.41 Å². The Hall–Kier alpha value is -0.0800. The van der Waals surface area contributed by atoms with E-state index in [1.54, 1.807) is 0 Å². The van der Waals surface area contributed by atoms with Gasteiger partial charge in [-0.1, -0.05) is 34.6 Å². The van der Waals surface area contributed by atoms with Crippen molar-refractivity contribution >= 4 is 0 Å². The van der Waals surface area contributed by atoms with Gasteiger partial charge in [-0.3, -0.25) is 0 Å². The van der Waals surface area contributed by atoms with Crippen molar-refractivity contribution in [3.05, 3.63) is 0 Å². The Bertz CT molecular complexity index is 145. The Morgan fingerprint density at radius 2 is 1.79 bits per heavy atom. The first-order valence-corrected chi connectivity index (χ1v) is 5.73. The van der Waals surface area contributed by atoms with Crippen molar-refractivity contribution in [2.75, 3.05) is 19.8 Å². The molecule has 1 atom stereocenters. The second-order valence-corrected chi connectivity index (χ2v) is 4.98. The molecule has 0 rings (SSSR count). The van der Waals surface area contributed by atoms with Crippen molar-refractivity contribution in [1.82, 2.24) is 5.32 Å². The molecular weight excluding hydrogens is 174 g/mol. The van der Waals surface area contributed by atoms with Gasteiger partial charge in [0, 0.05) is 24.6 Å². The van der Waals surface area contributed by atoms with Gasteiger partial charge in [0.1, 0.15) is 0 Å². The van der Waals surface area contributed by atoms with E-state index in [2.05, 4.69) is 46.9 Å². The Balaban J connectivity index is 4.10. The van der Waals surface area contributed by atoms with Gasteiger partial charge in [0.25, 0.3) is 0 Å². The zero-order valence-corrected chi connectivity index (χ0v) is 10.7. The Kier molecular flexibility index (Phi) is 6.38. The molecule has 0 aromatic heterocycles. The summed E-state index contributed by atoms with van der Waals surface area (Å²) >= 11 is 0. The van der Waals surface area contributed by atoms with E-state index in [1.807, 2.05) is 0 Å². The van der Waals surface area contributed by atoms with Crippen LogP contribution in [0.5, 0.6) is 0 Å². The third-order valence-corrected chi connectivity index (χ3v) is 2.94. The third-order valence-electron chi connectivity index (χ3n) is 2.94. The summed E-state index contributed by atoms with van der Waals surface area (Å²) in [5, 5.41) is 3.50. The lowest BCUT2D eigenvalue weighted by molar-refractivity contribution is 0.0316. The lowest BCUT2D eigenvalue weighted by atomic mass is 9.79. The highest BCUT2D eigenvalue weighted by molar-refractivity contribution is 4.80. The number of rotatable bonds is 7. The second kappa shape index (κ2) is 6.41. The van der Waals surface area contributed by atoms with Crippen molar-refractivity contribution < 1.29 is 4.74 Å². The third kappa shape index (κ3) is 4.97. The quantitative estimate of drug-likeness (QED) is 0.684. The molecule has 0 radical (unpaired) electrons. The number of hydrogen-bond acceptors (Lipinski definition) is 2. The number of hydrogen-bond donors (Lipinski definition) is 1. The Morgan fingerprint density at radius 1 is 1.21 bits per heavy atom. The highest BCUT2D eigenvalue weighted by atomic mass is 16.5. The zero-order chi connectivity index (χ0) is 11.2. The van der Waals surface area contributed by atoms with Gasteiger partial charge < -0.3 is 10.1 Å². The van der Waals surface area contributed by atoms with Gasteiger partial charge in [0.2, 0.25) is 0 Å². The molecule has 1 N–H and O–H groups in total. The van der Waals surface area contributed by atoms with Gasteiger partial charge in [-0.25, -0.2) is 0 Å². The summed E-state index contributed by atoms with van der Waals surface area (Å²) in [6.07, 6.45) is 0. The van der Waals surface area contributed by atoms with Gasteiger partial charge in [0.15, 0.2) is 0 Å². The predicted octanol–water partition coefficient (Wildman–Crippen LogP) is 2.68. The van der Waals surface area contributed by atoms with E-state index < -0.39 is 0 Å². The van der Waals surface area contributed by atoms with E-state index >= 15 is 0 Å². The lowest BCUT2D eigenvalue weighted by Crippen LogP contribution is -2.42. The van der Waals surface area contributed by atoms with Gasteiger partial charge >= 0.3 is 0 Å². The summed E-state index contributed by atoms with van der Waals surface area (Å²) in [6, 6.07) is 0.551. The van der Waals surface area contributed by atoms with E-state index in [1.165, 1.54) is 0 Å². The molecule has 0 fully saturated rings. The summed E-state index contributed by atoms with van der Waals surface area (Å²) in [5.41, 5.74) is 0.250. The molecule has 0 aliphatic carbocycles. The zero-order valence-electron chi connectivity index (χ0n) is 10.7. The number of ether oxygens (including phenoxy) is 1. The summed E-state index contributed by atoms with van der Waals surface area (Å²) < 4.78 is 5.55. The van der Waals surface area contributed by atoms with Crippen LogP contribution in [0.15, 0.2) is 0 Å². The average molecular weight is 201 g/mol. The molecule has 0 amide bonds. The fraction of sp³-hybridized carbons (Fsp3) is 1.00. The molecule has 0 bridgehead atoms. The summed E-state index contributed by atoms with van der Waals surface area (Å²) in [5.74, 6) is 0.639. The van der Waals surface area contributed by atoms with Crippen molar-refractivity contribution in [3.8, 4) is 0 Å². The Labute approximate surface area is 89.4 Å². The minimum absolute atomic E-state index is 0.250. The fourth-order valence-electron chi connectivity index (χ4n) is 1.19. The van der Waals surface area contributed by atoms with Gasteiger partial charge in [0.05, 0.1) is 6.61 Å². The van der Waals surface area contributed by atoms with Crippen LogP contribution < -0.4 is 5.32 Å². The first-order valence-electron chi connectivity index (χ1n) is 5.73. The predicted molar refractivity (Wildman–Crippen MR) is 62.6 cm³/mol. The molecular formula is C12H27NO. The molecule has 86 valence electrons. The van der Waals surface area contributed by atoms with Crippen LogP contribution in [0.2, 0.25) is 0 Å². The van der Waals surface area contributed by atoms with Gasteiger partial charge in [-0.15, -0.1) is 0 Å². The smallest absolute Gasteiger partial charge is 0.0534 e. The molecule has 0 saturated carbocycles. The Morgan fingerprint density at radius 3 is 2.14 bits per heavy atom. The summed E-state index contributed by atoms with van der Waals surface area (Å²) in [6.45, 7) is 15.9. The van der Waals surface area contributed by atoms with E-state index in [9.17, 15) is 0 Å². The van der Waals surface area contributed by atoms with Gasteiger partial charge in [-0.2, -0.15) is 0 Å². The van der Waals surface area contributed by atoms with Gasteiger partial charge in [-0.05, 0) is 12.8 Å². The number of nitrogens with one attached hydrogen (secondary N) is 1. The molecule has 0 heterocycles. The average Bonchev–Trinajstić information content (AvgIpc) is 2.11. The van der Waals surface area contributed by atoms with Crippen LogP contribution in [0.25, 0.3) is 0 Å². The SMILES string of the molecule is CCOCC(C)(CNC(C)C)C(C)C. The summed E-state index contributed by atoms with van der Waals surface area (Å²) in [4.78, 5) is 0. The second-order valence-electron chi connectivity index (χ2n) is 4.98. The minimum atomic E-state index is 0.250. The fourth-order valence-corrected chi connectivity index (χ4v) is 1.19. The molecule has 0 aliphatic heterocycles. The molecule has 0 saturated heterocycles. The van der Waals surface area contributed by atoms with E-state index in [4.69, 9.17) is 4.74 Å². The first-order chi connectivity index (χ1) is 6.42. The molecule has 0 aliphatic rings. The standard InChI is InChI=1S/C12H27NO/c1-7-14-9-12(6,10(2)3)8-13-11(4)5/h10-11,13H,7-9H2,1-6H3. The van der Waals surface area contributed by atoms with Crippen LogP contribution in [-0.4, -0.2) is 25.8 Å². The van der Waals surface area contributed by atoms with Crippen LogP contribution in [0.4, 0.5) is 0 Å². The topological polar surface area (TPSA) is 21.3 Å². The van der Waals surface area contributed by atoms with Crippen LogP contribution in [-0.2, 0) is 4.74 Å². The maximum atomic E-state index is 5.55. The van der Waals surface area contributed by atoms with E-state index in [0.29, 0.717) is 12.0 Å². The highest BCUT2D eigenvalue weighted by Gasteiger charge is 2.28. The van der Waals surface area contributed by atoms with Crippen LogP contribution >= 0.6 is 0 Å². The normalized spacial score (nSPS) is 16.3. The molecule has 2 heteroatoms. The van der Waals surface area contributed by atoms with Crippen LogP contribution in [0.3, 0.4) is 0 Å². The minimum Gasteiger partial charge on any atom is -0.381 e. The molecule has 0 aromatic rings. The molecule has 14 heavy (non-hydrogen) atoms. The summed E-state index contributed by atoms with van der Waals surface area (Å²) in [7, 11) is 0.